The number of aryl methyl sites for hydroxylation is 1. The molecule has 9 nitrogen and oxygen atoms in total. The van der Waals surface area contributed by atoms with Gasteiger partial charge in [-0.25, -0.2) is 24.7 Å². The second kappa shape index (κ2) is 8.35. The molecule has 1 unspecified atom stereocenters. The lowest BCUT2D eigenvalue weighted by Gasteiger charge is -2.20. The summed E-state index contributed by atoms with van der Waals surface area (Å²) < 4.78 is 1.47. The number of aromatic nitrogens is 5. The van der Waals surface area contributed by atoms with Gasteiger partial charge in [0.2, 0.25) is 0 Å². The molecule has 0 aliphatic rings. The third-order valence-electron chi connectivity index (χ3n) is 5.08. The zero-order valence-corrected chi connectivity index (χ0v) is 18.3. The number of aromatic carboxylic acids is 1. The molecule has 0 amide bonds. The molecule has 3 heterocycles. The van der Waals surface area contributed by atoms with Crippen LogP contribution >= 0.6 is 11.6 Å². The normalized spacial score (nSPS) is 12.0. The van der Waals surface area contributed by atoms with E-state index in [1.165, 1.54) is 17.0 Å². The van der Waals surface area contributed by atoms with Crippen LogP contribution in [0.15, 0.2) is 47.8 Å². The van der Waals surface area contributed by atoms with Crippen molar-refractivity contribution in [3.8, 4) is 11.4 Å². The van der Waals surface area contributed by atoms with Crippen LogP contribution in [0.5, 0.6) is 0 Å². The molecule has 10 heteroatoms. The van der Waals surface area contributed by atoms with Crippen LogP contribution in [0.3, 0.4) is 0 Å². The zero-order valence-electron chi connectivity index (χ0n) is 17.5. The highest BCUT2D eigenvalue weighted by atomic mass is 35.5. The first-order chi connectivity index (χ1) is 15.3. The molecular formula is C22H19ClN6O3. The van der Waals surface area contributed by atoms with Crippen molar-refractivity contribution in [1.82, 2.24) is 24.5 Å². The molecule has 0 bridgehead atoms. The molecule has 4 rings (SSSR count). The van der Waals surface area contributed by atoms with E-state index in [-0.39, 0.29) is 16.4 Å². The molecule has 0 radical (unpaired) electrons. The topological polar surface area (TPSA) is 123 Å². The Morgan fingerprint density at radius 1 is 1.19 bits per heavy atom. The van der Waals surface area contributed by atoms with Crippen LogP contribution in [0.25, 0.3) is 22.3 Å². The minimum atomic E-state index is -1.20. The van der Waals surface area contributed by atoms with Crippen LogP contribution in [0, 0.1) is 6.92 Å². The summed E-state index contributed by atoms with van der Waals surface area (Å²) in [5.74, 6) is -0.769. The smallest absolute Gasteiger partial charge is 0.356 e. The average molecular weight is 451 g/mol. The summed E-state index contributed by atoms with van der Waals surface area (Å²) in [6.07, 6.45) is 4.59. The van der Waals surface area contributed by atoms with Gasteiger partial charge in [-0.1, -0.05) is 17.7 Å². The Kier molecular flexibility index (Phi) is 5.58. The molecule has 3 aromatic heterocycles. The van der Waals surface area contributed by atoms with Gasteiger partial charge in [0.05, 0.1) is 28.2 Å². The van der Waals surface area contributed by atoms with Gasteiger partial charge in [-0.05, 0) is 37.6 Å². The van der Waals surface area contributed by atoms with E-state index in [2.05, 4.69) is 20.3 Å². The van der Waals surface area contributed by atoms with Crippen LogP contribution in [0.4, 0.5) is 5.69 Å². The molecular weight excluding hydrogens is 432 g/mol. The SMILES string of the molecule is Cc1cc(C(C)Nc2ccc(Cl)nc2C(=O)O)c2nc(-c3cncnc3)n(C)c(=O)c2c1. The lowest BCUT2D eigenvalue weighted by molar-refractivity contribution is 0.0691. The maximum absolute atomic E-state index is 13.1. The molecule has 1 atom stereocenters. The second-order valence-corrected chi connectivity index (χ2v) is 7.77. The number of halogens is 1. The van der Waals surface area contributed by atoms with Crippen molar-refractivity contribution in [1.29, 1.82) is 0 Å². The third kappa shape index (κ3) is 3.90. The van der Waals surface area contributed by atoms with E-state index in [0.717, 1.165) is 11.1 Å². The standard InChI is InChI=1S/C22H19ClN6O3/c1-11-6-14(12(2)26-16-4-5-17(23)27-19(16)22(31)32)18-15(7-11)21(30)29(3)20(28-18)13-8-24-10-25-9-13/h4-10,12,26H,1-3H3,(H,31,32). The number of hydrogen-bond donors (Lipinski definition) is 2. The Labute approximate surface area is 187 Å². The predicted molar refractivity (Wildman–Crippen MR) is 121 cm³/mol. The Hall–Kier alpha value is -3.85. The van der Waals surface area contributed by atoms with Crippen molar-refractivity contribution in [2.45, 2.75) is 19.9 Å². The molecule has 0 spiro atoms. The fourth-order valence-electron chi connectivity index (χ4n) is 3.58. The third-order valence-corrected chi connectivity index (χ3v) is 5.29. The van der Waals surface area contributed by atoms with E-state index in [9.17, 15) is 14.7 Å². The Morgan fingerprint density at radius 3 is 2.59 bits per heavy atom. The summed E-state index contributed by atoms with van der Waals surface area (Å²) in [5.41, 5.74) is 2.65. The number of hydrogen-bond acceptors (Lipinski definition) is 7. The highest BCUT2D eigenvalue weighted by Crippen LogP contribution is 2.29. The van der Waals surface area contributed by atoms with E-state index in [1.54, 1.807) is 31.6 Å². The Morgan fingerprint density at radius 2 is 1.91 bits per heavy atom. The maximum Gasteiger partial charge on any atom is 0.356 e. The van der Waals surface area contributed by atoms with Crippen LogP contribution in [-0.2, 0) is 7.05 Å². The summed E-state index contributed by atoms with van der Waals surface area (Å²) in [7, 11) is 1.65. The monoisotopic (exact) mass is 450 g/mol. The fourth-order valence-corrected chi connectivity index (χ4v) is 3.73. The van der Waals surface area contributed by atoms with Crippen molar-refractivity contribution in [3.63, 3.8) is 0 Å². The van der Waals surface area contributed by atoms with Crippen molar-refractivity contribution >= 4 is 34.2 Å². The molecule has 0 aliphatic heterocycles. The number of pyridine rings is 1. The number of carbonyl (C=O) groups is 1. The minimum absolute atomic E-state index is 0.0847. The van der Waals surface area contributed by atoms with E-state index in [1.807, 2.05) is 19.9 Å². The number of rotatable bonds is 5. The zero-order chi connectivity index (χ0) is 23.0. The average Bonchev–Trinajstić information content (AvgIpc) is 2.77. The minimum Gasteiger partial charge on any atom is -0.476 e. The van der Waals surface area contributed by atoms with E-state index in [0.29, 0.717) is 28.0 Å². The molecule has 0 aliphatic carbocycles. The van der Waals surface area contributed by atoms with Gasteiger partial charge in [-0.3, -0.25) is 9.36 Å². The van der Waals surface area contributed by atoms with E-state index in [4.69, 9.17) is 16.6 Å². The molecule has 0 saturated heterocycles. The van der Waals surface area contributed by atoms with Gasteiger partial charge in [-0.2, -0.15) is 0 Å². The summed E-state index contributed by atoms with van der Waals surface area (Å²) in [6.45, 7) is 3.75. The fraction of sp³-hybridized carbons (Fsp3) is 0.182. The number of nitrogens with one attached hydrogen (secondary N) is 1. The number of carboxylic acid groups (broad SMARTS) is 1. The molecule has 2 N–H and O–H groups in total. The van der Waals surface area contributed by atoms with Gasteiger partial charge in [0.15, 0.2) is 5.69 Å². The molecule has 0 saturated carbocycles. The highest BCUT2D eigenvalue weighted by molar-refractivity contribution is 6.29. The summed E-state index contributed by atoms with van der Waals surface area (Å²) in [5, 5.41) is 13.2. The van der Waals surface area contributed by atoms with Crippen molar-refractivity contribution in [2.75, 3.05) is 5.32 Å². The van der Waals surface area contributed by atoms with Gasteiger partial charge in [0.1, 0.15) is 17.3 Å². The molecule has 1 aromatic carbocycles. The number of benzene rings is 1. The quantitative estimate of drug-likeness (QED) is 0.442. The Balaban J connectivity index is 1.88. The maximum atomic E-state index is 13.1. The Bertz CT molecular complexity index is 1400. The largest absolute Gasteiger partial charge is 0.476 e. The van der Waals surface area contributed by atoms with Gasteiger partial charge in [0.25, 0.3) is 5.56 Å². The summed E-state index contributed by atoms with van der Waals surface area (Å²) in [6, 6.07) is 6.39. The first-order valence-corrected chi connectivity index (χ1v) is 10.1. The van der Waals surface area contributed by atoms with Gasteiger partial charge >= 0.3 is 5.97 Å². The number of carboxylic acids is 1. The molecule has 162 valence electrons. The van der Waals surface area contributed by atoms with Crippen LogP contribution in [0.1, 0.15) is 34.6 Å². The first kappa shape index (κ1) is 21.4. The lowest BCUT2D eigenvalue weighted by Crippen LogP contribution is -2.22. The second-order valence-electron chi connectivity index (χ2n) is 7.38. The van der Waals surface area contributed by atoms with Crippen LogP contribution in [-0.4, -0.2) is 35.6 Å². The van der Waals surface area contributed by atoms with Crippen molar-refractivity contribution < 1.29 is 9.90 Å². The lowest BCUT2D eigenvalue weighted by atomic mass is 10.0. The molecule has 32 heavy (non-hydrogen) atoms. The predicted octanol–water partition coefficient (Wildman–Crippen LogP) is 3.62. The number of fused-ring (bicyclic) bond motifs is 1. The molecule has 4 aromatic rings. The van der Waals surface area contributed by atoms with Gasteiger partial charge < -0.3 is 10.4 Å². The van der Waals surface area contributed by atoms with Crippen molar-refractivity contribution in [2.24, 2.45) is 7.05 Å². The first-order valence-electron chi connectivity index (χ1n) is 9.69. The van der Waals surface area contributed by atoms with E-state index >= 15 is 0 Å². The summed E-state index contributed by atoms with van der Waals surface area (Å²) in [4.78, 5) is 41.5. The number of anilines is 1. The molecule has 0 fully saturated rings. The highest BCUT2D eigenvalue weighted by Gasteiger charge is 2.20. The van der Waals surface area contributed by atoms with Gasteiger partial charge in [-0.15, -0.1) is 0 Å². The van der Waals surface area contributed by atoms with Crippen LogP contribution < -0.4 is 10.9 Å². The number of nitrogens with zero attached hydrogens (tertiary/aromatic N) is 5. The van der Waals surface area contributed by atoms with Crippen LogP contribution in [0.2, 0.25) is 5.15 Å². The van der Waals surface area contributed by atoms with Crippen molar-refractivity contribution in [3.05, 3.63) is 75.3 Å². The summed E-state index contributed by atoms with van der Waals surface area (Å²) >= 11 is 5.86. The van der Waals surface area contributed by atoms with Gasteiger partial charge in [0, 0.05) is 25.0 Å². The van der Waals surface area contributed by atoms with E-state index < -0.39 is 12.0 Å².